The molecule has 0 saturated heterocycles. The molecule has 1 amide bonds. The minimum atomic E-state index is -0.507. The van der Waals surface area contributed by atoms with Crippen molar-refractivity contribution in [3.05, 3.63) is 116 Å². The number of anilines is 1. The highest BCUT2D eigenvalue weighted by Crippen LogP contribution is 2.24. The summed E-state index contributed by atoms with van der Waals surface area (Å²) in [6.07, 6.45) is 2.51. The van der Waals surface area contributed by atoms with Gasteiger partial charge in [0.2, 0.25) is 0 Å². The van der Waals surface area contributed by atoms with Crippen molar-refractivity contribution in [1.82, 2.24) is 14.2 Å². The number of nitrogens with one attached hydrogen (secondary N) is 1. The lowest BCUT2D eigenvalue weighted by Gasteiger charge is -2.14. The Kier molecular flexibility index (Phi) is 8.86. The van der Waals surface area contributed by atoms with Crippen LogP contribution in [-0.4, -0.2) is 33.0 Å². The van der Waals surface area contributed by atoms with Crippen molar-refractivity contribution >= 4 is 44.6 Å². The first-order chi connectivity index (χ1) is 20.7. The summed E-state index contributed by atoms with van der Waals surface area (Å²) < 4.78 is 23.7. The molecule has 2 aromatic heterocycles. The third-order valence-corrected chi connectivity index (χ3v) is 7.78. The van der Waals surface area contributed by atoms with Gasteiger partial charge in [-0.15, -0.1) is 0 Å². The van der Waals surface area contributed by atoms with Crippen LogP contribution in [0.5, 0.6) is 5.75 Å². The second-order valence-electron chi connectivity index (χ2n) is 10.3. The van der Waals surface area contributed by atoms with Gasteiger partial charge in [0.15, 0.2) is 6.61 Å². The van der Waals surface area contributed by atoms with Gasteiger partial charge in [-0.05, 0) is 80.9 Å². The molecule has 2 heterocycles. The van der Waals surface area contributed by atoms with Crippen LogP contribution in [0.2, 0.25) is 0 Å². The highest BCUT2D eigenvalue weighted by atomic mass is 79.9. The van der Waals surface area contributed by atoms with E-state index in [0.717, 1.165) is 33.5 Å². The fraction of sp³-hybridized carbons (Fsp3) is 0.212. The predicted octanol–water partition coefficient (Wildman–Crippen LogP) is 7.12. The van der Waals surface area contributed by atoms with Crippen LogP contribution in [0, 0.1) is 19.7 Å². The number of para-hydroxylation sites is 1. The van der Waals surface area contributed by atoms with E-state index in [0.29, 0.717) is 22.5 Å². The number of amides is 1. The third-order valence-electron chi connectivity index (χ3n) is 7.28. The fourth-order valence-electron chi connectivity index (χ4n) is 4.80. The summed E-state index contributed by atoms with van der Waals surface area (Å²) in [7, 11) is 0. The maximum atomic E-state index is 13.8. The van der Waals surface area contributed by atoms with Crippen LogP contribution in [0.3, 0.4) is 0 Å². The molecule has 0 bridgehead atoms. The maximum absolute atomic E-state index is 13.8. The minimum Gasteiger partial charge on any atom is -0.484 e. The summed E-state index contributed by atoms with van der Waals surface area (Å²) in [5, 5.41) is 7.63. The molecule has 0 spiro atoms. The number of ether oxygens (including phenoxy) is 1. The van der Waals surface area contributed by atoms with E-state index in [-0.39, 0.29) is 23.8 Å². The molecule has 8 nitrogen and oxygen atoms in total. The largest absolute Gasteiger partial charge is 0.484 e. The zero-order chi connectivity index (χ0) is 30.7. The van der Waals surface area contributed by atoms with Crippen LogP contribution >= 0.6 is 15.9 Å². The van der Waals surface area contributed by atoms with Gasteiger partial charge >= 0.3 is 0 Å². The molecule has 0 fully saturated rings. The molecule has 5 aromatic rings. The Balaban J connectivity index is 1.36. The molecule has 0 aliphatic carbocycles. The smallest absolute Gasteiger partial charge is 0.282 e. The quantitative estimate of drug-likeness (QED) is 0.173. The molecule has 0 aliphatic heterocycles. The van der Waals surface area contributed by atoms with E-state index in [1.807, 2.05) is 51.1 Å². The number of nitrogens with zero attached hydrogens (tertiary/aromatic N) is 4. The highest BCUT2D eigenvalue weighted by Gasteiger charge is 2.16. The Labute approximate surface area is 257 Å². The van der Waals surface area contributed by atoms with Gasteiger partial charge < -0.3 is 14.6 Å². The van der Waals surface area contributed by atoms with E-state index in [1.54, 1.807) is 36.5 Å². The van der Waals surface area contributed by atoms with Gasteiger partial charge in [-0.1, -0.05) is 41.9 Å². The molecule has 10 heteroatoms. The van der Waals surface area contributed by atoms with Crippen LogP contribution in [0.15, 0.2) is 87.2 Å². The maximum Gasteiger partial charge on any atom is 0.282 e. The molecular formula is C33H31BrFN5O3. The third kappa shape index (κ3) is 6.44. The Morgan fingerprint density at radius 3 is 2.58 bits per heavy atom. The summed E-state index contributed by atoms with van der Waals surface area (Å²) in [5.41, 5.74) is 4.21. The molecule has 5 rings (SSSR count). The number of rotatable bonds is 9. The van der Waals surface area contributed by atoms with Crippen molar-refractivity contribution in [2.24, 2.45) is 5.10 Å². The highest BCUT2D eigenvalue weighted by molar-refractivity contribution is 9.10. The molecule has 3 aromatic carbocycles. The molecule has 0 saturated carbocycles. The summed E-state index contributed by atoms with van der Waals surface area (Å²) >= 11 is 3.45. The van der Waals surface area contributed by atoms with E-state index in [9.17, 15) is 14.0 Å². The van der Waals surface area contributed by atoms with Gasteiger partial charge in [0.25, 0.3) is 11.5 Å². The van der Waals surface area contributed by atoms with Crippen LogP contribution in [0.1, 0.15) is 49.0 Å². The van der Waals surface area contributed by atoms with Crippen molar-refractivity contribution in [1.29, 1.82) is 0 Å². The molecule has 0 aliphatic rings. The minimum absolute atomic E-state index is 0.0386. The number of carbonyl (C=O) groups excluding carboxylic acids is 1. The fourth-order valence-corrected chi connectivity index (χ4v) is 5.16. The lowest BCUT2D eigenvalue weighted by molar-refractivity contribution is -0.118. The van der Waals surface area contributed by atoms with Crippen molar-refractivity contribution in [3.63, 3.8) is 0 Å². The van der Waals surface area contributed by atoms with E-state index in [1.165, 1.54) is 16.8 Å². The van der Waals surface area contributed by atoms with Gasteiger partial charge in [0, 0.05) is 33.0 Å². The summed E-state index contributed by atoms with van der Waals surface area (Å²) in [4.78, 5) is 30.5. The summed E-state index contributed by atoms with van der Waals surface area (Å²) in [5.74, 6) is 0.193. The van der Waals surface area contributed by atoms with Gasteiger partial charge in [-0.25, -0.2) is 9.37 Å². The number of benzene rings is 3. The normalized spacial score (nSPS) is 12.1. The molecule has 0 radical (unpaired) electrons. The zero-order valence-electron chi connectivity index (χ0n) is 24.3. The van der Waals surface area contributed by atoms with Crippen molar-refractivity contribution in [2.45, 2.75) is 40.0 Å². The van der Waals surface area contributed by atoms with Crippen LogP contribution in [-0.2, 0) is 4.79 Å². The number of aryl methyl sites for hydroxylation is 1. The molecule has 1 N–H and O–H groups in total. The second-order valence-corrected chi connectivity index (χ2v) is 11.2. The van der Waals surface area contributed by atoms with Crippen LogP contribution in [0.25, 0.3) is 16.6 Å². The average Bonchev–Trinajstić information content (AvgIpc) is 3.29. The molecule has 1 atom stereocenters. The van der Waals surface area contributed by atoms with E-state index in [2.05, 4.69) is 37.8 Å². The number of fused-ring (bicyclic) bond motifs is 1. The summed E-state index contributed by atoms with van der Waals surface area (Å²) in [6.45, 7) is 7.82. The van der Waals surface area contributed by atoms with Crippen molar-refractivity contribution < 1.29 is 13.9 Å². The van der Waals surface area contributed by atoms with E-state index >= 15 is 0 Å². The average molecular weight is 645 g/mol. The SMILES string of the molecule is CC[C@@H](C)c1nc2ccc(Br)cc2c(=O)n1N=Cc1cc(C)n(-c2ccc(OCC(=O)Nc3ccccc3F)cc2)c1C. The number of halogens is 2. The summed E-state index contributed by atoms with van der Waals surface area (Å²) in [6, 6.07) is 20.8. The van der Waals surface area contributed by atoms with E-state index < -0.39 is 11.7 Å². The van der Waals surface area contributed by atoms with Crippen LogP contribution in [0.4, 0.5) is 10.1 Å². The number of aromatic nitrogens is 3. The monoisotopic (exact) mass is 643 g/mol. The Morgan fingerprint density at radius 1 is 1.12 bits per heavy atom. The molecular weight excluding hydrogens is 613 g/mol. The number of carbonyl (C=O) groups is 1. The van der Waals surface area contributed by atoms with Gasteiger partial charge in [0.1, 0.15) is 17.4 Å². The number of hydrogen-bond donors (Lipinski definition) is 1. The standard InChI is InChI=1S/C33H31BrFN5O3/c1-5-20(2)32-38-29-15-10-24(34)17-27(29)33(42)40(32)36-18-23-16-21(3)39(22(23)4)25-11-13-26(14-12-25)43-19-31(41)37-30-9-7-6-8-28(30)35/h6-18,20H,5,19H2,1-4H3,(H,37,41)/t20-/m1/s1. The second kappa shape index (κ2) is 12.7. The molecule has 220 valence electrons. The Morgan fingerprint density at radius 2 is 1.86 bits per heavy atom. The Bertz CT molecular complexity index is 1900. The zero-order valence-corrected chi connectivity index (χ0v) is 25.9. The number of hydrogen-bond acceptors (Lipinski definition) is 5. The lowest BCUT2D eigenvalue weighted by atomic mass is 10.1. The van der Waals surface area contributed by atoms with Gasteiger partial charge in [-0.2, -0.15) is 9.78 Å². The topological polar surface area (TPSA) is 90.5 Å². The molecule has 0 unspecified atom stereocenters. The van der Waals surface area contributed by atoms with Crippen molar-refractivity contribution in [3.8, 4) is 11.4 Å². The lowest BCUT2D eigenvalue weighted by Crippen LogP contribution is -2.23. The first-order valence-electron chi connectivity index (χ1n) is 13.9. The Hall–Kier alpha value is -4.57. The van der Waals surface area contributed by atoms with Crippen LogP contribution < -0.4 is 15.6 Å². The molecule has 43 heavy (non-hydrogen) atoms. The van der Waals surface area contributed by atoms with E-state index in [4.69, 9.17) is 9.72 Å². The van der Waals surface area contributed by atoms with Crippen molar-refractivity contribution in [2.75, 3.05) is 11.9 Å². The van der Waals surface area contributed by atoms with Gasteiger partial charge in [0.05, 0.1) is 22.8 Å². The first-order valence-corrected chi connectivity index (χ1v) is 14.7. The first kappa shape index (κ1) is 29.9. The predicted molar refractivity (Wildman–Crippen MR) is 171 cm³/mol. The van der Waals surface area contributed by atoms with Gasteiger partial charge in [-0.3, -0.25) is 9.59 Å².